The van der Waals surface area contributed by atoms with Crippen molar-refractivity contribution >= 4 is 6.09 Å². The molecule has 0 bridgehead atoms. The van der Waals surface area contributed by atoms with Crippen LogP contribution in [0.5, 0.6) is 5.75 Å². The molecular formula is C37H42N2O5. The number of carbonyl (C=O) groups excluding carboxylic acids is 1. The van der Waals surface area contributed by atoms with Crippen LogP contribution in [-0.4, -0.2) is 36.0 Å². The van der Waals surface area contributed by atoms with Crippen LogP contribution in [0.4, 0.5) is 4.79 Å². The lowest BCUT2D eigenvalue weighted by atomic mass is 9.78. The zero-order chi connectivity index (χ0) is 31.3. The molecule has 6 rings (SSSR count). The van der Waals surface area contributed by atoms with E-state index < -0.39 is 11.6 Å². The molecule has 0 unspecified atom stereocenters. The van der Waals surface area contributed by atoms with Crippen LogP contribution in [0.25, 0.3) is 22.4 Å². The minimum Gasteiger partial charge on any atom is -0.507 e. The van der Waals surface area contributed by atoms with E-state index in [1.54, 1.807) is 6.26 Å². The Kier molecular flexibility index (Phi) is 7.57. The first-order valence-corrected chi connectivity index (χ1v) is 15.4. The number of nitrogens with zero attached hydrogens (tertiary/aromatic N) is 1. The van der Waals surface area contributed by atoms with Crippen LogP contribution in [0.15, 0.2) is 71.3 Å². The van der Waals surface area contributed by atoms with Gasteiger partial charge in [-0.25, -0.2) is 9.78 Å². The maximum absolute atomic E-state index is 13.4. The van der Waals surface area contributed by atoms with Crippen LogP contribution in [0.3, 0.4) is 0 Å². The molecule has 0 atom stereocenters. The molecule has 2 N–H and O–H groups in total. The molecule has 2 heterocycles. The van der Waals surface area contributed by atoms with E-state index in [0.29, 0.717) is 43.4 Å². The molecule has 0 radical (unpaired) electrons. The van der Waals surface area contributed by atoms with Crippen molar-refractivity contribution in [3.63, 3.8) is 0 Å². The van der Waals surface area contributed by atoms with Gasteiger partial charge in [-0.05, 0) is 45.2 Å². The van der Waals surface area contributed by atoms with E-state index in [4.69, 9.17) is 18.9 Å². The number of aromatic hydroxyl groups is 1. The summed E-state index contributed by atoms with van der Waals surface area (Å²) in [5.74, 6) is 0.706. The maximum Gasteiger partial charge on any atom is 0.408 e. The maximum atomic E-state index is 13.4. The van der Waals surface area contributed by atoms with Gasteiger partial charge in [-0.15, -0.1) is 0 Å². The molecular weight excluding hydrogens is 552 g/mol. The van der Waals surface area contributed by atoms with Gasteiger partial charge in [0.1, 0.15) is 29.9 Å². The third kappa shape index (κ3) is 5.50. The van der Waals surface area contributed by atoms with Crippen molar-refractivity contribution in [3.05, 3.63) is 95.1 Å². The van der Waals surface area contributed by atoms with E-state index in [0.717, 1.165) is 27.8 Å². The van der Waals surface area contributed by atoms with Crippen LogP contribution >= 0.6 is 0 Å². The third-order valence-electron chi connectivity index (χ3n) is 8.97. The van der Waals surface area contributed by atoms with Crippen LogP contribution in [0.1, 0.15) is 88.4 Å². The highest BCUT2D eigenvalue weighted by atomic mass is 16.5. The first-order valence-electron chi connectivity index (χ1n) is 15.4. The van der Waals surface area contributed by atoms with Crippen molar-refractivity contribution in [2.24, 2.45) is 0 Å². The number of phenols is 1. The van der Waals surface area contributed by atoms with Crippen molar-refractivity contribution in [3.8, 4) is 28.1 Å². The highest BCUT2D eigenvalue weighted by Crippen LogP contribution is 2.45. The zero-order valence-electron chi connectivity index (χ0n) is 26.5. The van der Waals surface area contributed by atoms with E-state index in [9.17, 15) is 9.90 Å². The Balaban J connectivity index is 1.26. The minimum atomic E-state index is -0.865. The Labute approximate surface area is 259 Å². The Hall–Kier alpha value is -4.10. The first kappa shape index (κ1) is 29.9. The van der Waals surface area contributed by atoms with Gasteiger partial charge in [0.25, 0.3) is 0 Å². The van der Waals surface area contributed by atoms with E-state index in [1.165, 1.54) is 11.1 Å². The second-order valence-corrected chi connectivity index (χ2v) is 14.1. The van der Waals surface area contributed by atoms with Gasteiger partial charge in [0.05, 0.1) is 0 Å². The number of phenolic OH excluding ortho intramolecular Hbond substituents is 1. The molecule has 1 amide bonds. The molecule has 7 nitrogen and oxygen atoms in total. The third-order valence-corrected chi connectivity index (χ3v) is 8.97. The molecule has 0 spiro atoms. The molecule has 230 valence electrons. The van der Waals surface area contributed by atoms with Crippen molar-refractivity contribution in [1.29, 1.82) is 0 Å². The van der Waals surface area contributed by atoms with Gasteiger partial charge in [0.2, 0.25) is 5.89 Å². The fourth-order valence-corrected chi connectivity index (χ4v) is 6.49. The number of aromatic nitrogens is 1. The van der Waals surface area contributed by atoms with E-state index in [-0.39, 0.29) is 23.4 Å². The molecule has 2 aliphatic rings. The monoisotopic (exact) mass is 594 g/mol. The topological polar surface area (TPSA) is 93.8 Å². The highest BCUT2D eigenvalue weighted by Gasteiger charge is 2.42. The van der Waals surface area contributed by atoms with Crippen molar-refractivity contribution < 1.29 is 23.8 Å². The summed E-state index contributed by atoms with van der Waals surface area (Å²) in [6.07, 6.45) is 2.14. The lowest BCUT2D eigenvalue weighted by Crippen LogP contribution is -2.50. The lowest BCUT2D eigenvalue weighted by Gasteiger charge is -2.34. The van der Waals surface area contributed by atoms with Crippen LogP contribution in [0, 0.1) is 0 Å². The Bertz CT molecular complexity index is 1600. The molecule has 1 fully saturated rings. The summed E-state index contributed by atoms with van der Waals surface area (Å²) in [7, 11) is 0. The predicted molar refractivity (Wildman–Crippen MR) is 171 cm³/mol. The van der Waals surface area contributed by atoms with E-state index >= 15 is 0 Å². The first-order chi connectivity index (χ1) is 20.9. The molecule has 7 heteroatoms. The number of rotatable bonds is 5. The molecule has 1 saturated heterocycles. The van der Waals surface area contributed by atoms with Crippen LogP contribution < -0.4 is 5.32 Å². The standard InChI is InChI=1S/C37H42N2O5/c1-35(2,3)29-19-23(20-30(32(29)40)36(4,5)6)31-22-43-33(38-31)37(15-17-42-18-16-37)39-34(41)44-21-28-26-13-9-7-11-24(26)25-12-8-10-14-27(25)28/h7-14,19-20,22,28,40H,15-18,21H2,1-6H3,(H,39,41). The Morgan fingerprint density at radius 2 is 1.48 bits per heavy atom. The SMILES string of the molecule is CC(C)(C)c1cc(-c2coc(C3(NC(=O)OCC4c5ccccc5-c5ccccc54)CCOCC3)n2)cc(C(C)(C)C)c1O. The summed E-state index contributed by atoms with van der Waals surface area (Å²) in [6.45, 7) is 13.7. The van der Waals surface area contributed by atoms with Crippen molar-refractivity contribution in [2.75, 3.05) is 19.8 Å². The minimum absolute atomic E-state index is 0.0318. The number of carbonyl (C=O) groups is 1. The van der Waals surface area contributed by atoms with Crippen LogP contribution in [-0.2, 0) is 25.8 Å². The van der Waals surface area contributed by atoms with Gasteiger partial charge >= 0.3 is 6.09 Å². The van der Waals surface area contributed by atoms with Gasteiger partial charge in [0.15, 0.2) is 0 Å². The summed E-state index contributed by atoms with van der Waals surface area (Å²) in [5, 5.41) is 14.3. The van der Waals surface area contributed by atoms with Crippen molar-refractivity contribution in [1.82, 2.24) is 10.3 Å². The second kappa shape index (κ2) is 11.1. The number of alkyl carbamates (subject to hydrolysis) is 1. The van der Waals surface area contributed by atoms with Gasteiger partial charge in [-0.1, -0.05) is 90.1 Å². The molecule has 1 aliphatic heterocycles. The fourth-order valence-electron chi connectivity index (χ4n) is 6.49. The highest BCUT2D eigenvalue weighted by molar-refractivity contribution is 5.79. The average molecular weight is 595 g/mol. The number of oxazole rings is 1. The van der Waals surface area contributed by atoms with Gasteiger partial charge in [0, 0.05) is 48.7 Å². The number of hydrogen-bond acceptors (Lipinski definition) is 6. The summed E-state index contributed by atoms with van der Waals surface area (Å²) in [5.41, 5.74) is 6.48. The second-order valence-electron chi connectivity index (χ2n) is 14.1. The number of hydrogen-bond donors (Lipinski definition) is 2. The van der Waals surface area contributed by atoms with Gasteiger partial charge in [-0.3, -0.25) is 0 Å². The van der Waals surface area contributed by atoms with Crippen molar-refractivity contribution in [2.45, 2.75) is 76.7 Å². The molecule has 3 aromatic carbocycles. The Morgan fingerprint density at radius 1 is 0.932 bits per heavy atom. The summed E-state index contributed by atoms with van der Waals surface area (Å²) < 4.78 is 17.7. The number of benzene rings is 3. The molecule has 1 aromatic heterocycles. The summed E-state index contributed by atoms with van der Waals surface area (Å²) in [6, 6.07) is 20.6. The van der Waals surface area contributed by atoms with E-state index in [2.05, 4.69) is 71.1 Å². The molecule has 1 aliphatic carbocycles. The summed E-state index contributed by atoms with van der Waals surface area (Å²) in [4.78, 5) is 18.4. The number of fused-ring (bicyclic) bond motifs is 3. The predicted octanol–water partition coefficient (Wildman–Crippen LogP) is 8.19. The zero-order valence-corrected chi connectivity index (χ0v) is 26.5. The summed E-state index contributed by atoms with van der Waals surface area (Å²) >= 11 is 0. The van der Waals surface area contributed by atoms with Gasteiger partial charge < -0.3 is 24.3 Å². The Morgan fingerprint density at radius 3 is 2.02 bits per heavy atom. The van der Waals surface area contributed by atoms with E-state index in [1.807, 2.05) is 36.4 Å². The fraction of sp³-hybridized carbons (Fsp3) is 0.405. The average Bonchev–Trinajstić information content (AvgIpc) is 3.60. The molecule has 44 heavy (non-hydrogen) atoms. The molecule has 0 saturated carbocycles. The van der Waals surface area contributed by atoms with Gasteiger partial charge in [-0.2, -0.15) is 0 Å². The number of ether oxygens (including phenoxy) is 2. The lowest BCUT2D eigenvalue weighted by molar-refractivity contribution is 0.0228. The quantitative estimate of drug-likeness (QED) is 0.242. The van der Waals surface area contributed by atoms with Crippen LogP contribution in [0.2, 0.25) is 0 Å². The number of nitrogens with one attached hydrogen (secondary N) is 1. The largest absolute Gasteiger partial charge is 0.507 e. The normalized spacial score (nSPS) is 16.3. The number of amides is 1. The molecule has 4 aromatic rings. The smallest absolute Gasteiger partial charge is 0.408 e.